The highest BCUT2D eigenvalue weighted by Gasteiger charge is 2.17. The number of aromatic nitrogens is 2. The summed E-state index contributed by atoms with van der Waals surface area (Å²) in [5, 5.41) is 0.414. The van der Waals surface area contributed by atoms with Gasteiger partial charge in [0.25, 0.3) is 5.56 Å². The number of nitrogens with two attached hydrogens (primary N) is 1. The summed E-state index contributed by atoms with van der Waals surface area (Å²) in [6, 6.07) is 5.41. The first-order valence-electron chi connectivity index (χ1n) is 6.36. The standard InChI is InChI=1S/C14H13Cl2N3O3.ClH/c15-11-4-8(5-12(16)19-11)7-22-14(21)10(17)6-9-2-1-3-18-13(9)20;/h1-5,10H,6-7,17H2,(H,18,20);1H/t10-;/m0./s1. The molecule has 0 spiro atoms. The van der Waals surface area contributed by atoms with Crippen LogP contribution >= 0.6 is 35.6 Å². The number of esters is 1. The second-order valence-corrected chi connectivity index (χ2v) is 5.34. The molecule has 0 saturated heterocycles. The van der Waals surface area contributed by atoms with Crippen LogP contribution in [0.4, 0.5) is 0 Å². The van der Waals surface area contributed by atoms with Gasteiger partial charge in [-0.15, -0.1) is 12.4 Å². The van der Waals surface area contributed by atoms with Crippen molar-refractivity contribution in [3.8, 4) is 0 Å². The molecule has 6 nitrogen and oxygen atoms in total. The van der Waals surface area contributed by atoms with E-state index >= 15 is 0 Å². The van der Waals surface area contributed by atoms with Crippen LogP contribution in [-0.2, 0) is 22.6 Å². The van der Waals surface area contributed by atoms with E-state index in [1.54, 1.807) is 12.1 Å². The third kappa shape index (κ3) is 5.84. The number of nitrogens with zero attached hydrogens (tertiary/aromatic N) is 1. The molecule has 2 rings (SSSR count). The maximum atomic E-state index is 11.9. The summed E-state index contributed by atoms with van der Waals surface area (Å²) < 4.78 is 5.09. The van der Waals surface area contributed by atoms with Gasteiger partial charge in [-0.3, -0.25) is 9.59 Å². The quantitative estimate of drug-likeness (QED) is 0.613. The normalized spacial score (nSPS) is 11.4. The third-order valence-electron chi connectivity index (χ3n) is 2.85. The Kier molecular flexibility index (Phi) is 7.51. The molecule has 0 bridgehead atoms. The predicted molar refractivity (Wildman–Crippen MR) is 90.0 cm³/mol. The molecule has 0 fully saturated rings. The number of ether oxygens (including phenoxy) is 1. The molecule has 0 aromatic carbocycles. The molecule has 124 valence electrons. The minimum absolute atomic E-state index is 0. The van der Waals surface area contributed by atoms with Crippen molar-refractivity contribution in [2.75, 3.05) is 0 Å². The van der Waals surface area contributed by atoms with Gasteiger partial charge in [-0.05, 0) is 23.8 Å². The van der Waals surface area contributed by atoms with E-state index in [9.17, 15) is 9.59 Å². The first kappa shape index (κ1) is 19.4. The second-order valence-electron chi connectivity index (χ2n) is 4.56. The Balaban J connectivity index is 0.00000264. The number of carbonyl (C=O) groups is 1. The average molecular weight is 379 g/mol. The Labute approximate surface area is 148 Å². The molecule has 0 aliphatic carbocycles. The fraction of sp³-hybridized carbons (Fsp3) is 0.214. The Morgan fingerprint density at radius 3 is 2.61 bits per heavy atom. The number of pyridine rings is 2. The largest absolute Gasteiger partial charge is 0.460 e. The van der Waals surface area contributed by atoms with Crippen molar-refractivity contribution < 1.29 is 9.53 Å². The van der Waals surface area contributed by atoms with Gasteiger partial charge in [0.15, 0.2) is 0 Å². The molecular formula is C14H14Cl3N3O3. The van der Waals surface area contributed by atoms with Crippen molar-refractivity contribution in [2.24, 2.45) is 5.73 Å². The minimum atomic E-state index is -0.934. The summed E-state index contributed by atoms with van der Waals surface area (Å²) in [6.07, 6.45) is 1.60. The molecule has 0 aliphatic heterocycles. The fourth-order valence-electron chi connectivity index (χ4n) is 1.80. The summed E-state index contributed by atoms with van der Waals surface area (Å²) in [5.41, 5.74) is 6.49. The second kappa shape index (κ2) is 8.88. The van der Waals surface area contributed by atoms with Crippen LogP contribution in [0.15, 0.2) is 35.3 Å². The van der Waals surface area contributed by atoms with Crippen molar-refractivity contribution >= 4 is 41.6 Å². The van der Waals surface area contributed by atoms with Gasteiger partial charge in [0, 0.05) is 18.2 Å². The van der Waals surface area contributed by atoms with E-state index in [1.165, 1.54) is 18.3 Å². The van der Waals surface area contributed by atoms with E-state index in [-0.39, 0.29) is 41.3 Å². The minimum Gasteiger partial charge on any atom is -0.460 e. The van der Waals surface area contributed by atoms with Crippen molar-refractivity contribution in [3.63, 3.8) is 0 Å². The smallest absolute Gasteiger partial charge is 0.323 e. The maximum absolute atomic E-state index is 11.9. The van der Waals surface area contributed by atoms with Crippen LogP contribution in [-0.4, -0.2) is 22.0 Å². The van der Waals surface area contributed by atoms with Crippen molar-refractivity contribution in [3.05, 3.63) is 62.2 Å². The number of rotatable bonds is 5. The average Bonchev–Trinajstić information content (AvgIpc) is 2.46. The van der Waals surface area contributed by atoms with Crippen molar-refractivity contribution in [1.82, 2.24) is 9.97 Å². The molecule has 0 amide bonds. The molecule has 0 saturated carbocycles. The highest BCUT2D eigenvalue weighted by atomic mass is 35.5. The van der Waals surface area contributed by atoms with Gasteiger partial charge >= 0.3 is 5.97 Å². The maximum Gasteiger partial charge on any atom is 0.323 e. The SMILES string of the molecule is Cl.N[C@@H](Cc1ccc[nH]c1=O)C(=O)OCc1cc(Cl)nc(Cl)c1. The molecule has 2 aromatic heterocycles. The summed E-state index contributed by atoms with van der Waals surface area (Å²) in [4.78, 5) is 29.7. The number of H-pyrrole nitrogens is 1. The van der Waals surface area contributed by atoms with Crippen LogP contribution in [0.5, 0.6) is 0 Å². The zero-order chi connectivity index (χ0) is 16.1. The van der Waals surface area contributed by atoms with E-state index in [4.69, 9.17) is 33.7 Å². The zero-order valence-corrected chi connectivity index (χ0v) is 14.1. The zero-order valence-electron chi connectivity index (χ0n) is 11.8. The lowest BCUT2D eigenvalue weighted by molar-refractivity contribution is -0.146. The van der Waals surface area contributed by atoms with Crippen molar-refractivity contribution in [1.29, 1.82) is 0 Å². The molecule has 0 radical (unpaired) electrons. The van der Waals surface area contributed by atoms with Gasteiger partial charge in [-0.25, -0.2) is 4.98 Å². The lowest BCUT2D eigenvalue weighted by Crippen LogP contribution is -2.36. The van der Waals surface area contributed by atoms with E-state index in [2.05, 4.69) is 9.97 Å². The van der Waals surface area contributed by atoms with Gasteiger partial charge in [0.2, 0.25) is 0 Å². The van der Waals surface area contributed by atoms with Crippen LogP contribution < -0.4 is 11.3 Å². The Hall–Kier alpha value is -1.60. The molecule has 0 unspecified atom stereocenters. The molecule has 0 aliphatic rings. The van der Waals surface area contributed by atoms with Crippen LogP contribution in [0, 0.1) is 0 Å². The number of halogens is 3. The first-order chi connectivity index (χ1) is 10.5. The summed E-state index contributed by atoms with van der Waals surface area (Å²) in [6.45, 7) is -0.0281. The van der Waals surface area contributed by atoms with E-state index in [0.717, 1.165) is 0 Å². The fourth-order valence-corrected chi connectivity index (χ4v) is 2.30. The first-order valence-corrected chi connectivity index (χ1v) is 7.12. The highest BCUT2D eigenvalue weighted by Crippen LogP contribution is 2.15. The van der Waals surface area contributed by atoms with Crippen LogP contribution in [0.1, 0.15) is 11.1 Å². The Morgan fingerprint density at radius 2 is 2.00 bits per heavy atom. The molecule has 23 heavy (non-hydrogen) atoms. The molecular weight excluding hydrogens is 365 g/mol. The Bertz CT molecular complexity index is 716. The van der Waals surface area contributed by atoms with Crippen LogP contribution in [0.3, 0.4) is 0 Å². The number of hydrogen-bond donors (Lipinski definition) is 2. The van der Waals surface area contributed by atoms with E-state index < -0.39 is 12.0 Å². The van der Waals surface area contributed by atoms with Gasteiger partial charge in [-0.1, -0.05) is 29.3 Å². The number of carbonyl (C=O) groups excluding carboxylic acids is 1. The van der Waals surface area contributed by atoms with Gasteiger partial charge < -0.3 is 15.5 Å². The summed E-state index contributed by atoms with van der Waals surface area (Å²) >= 11 is 11.5. The number of aromatic amines is 1. The number of hydrogen-bond acceptors (Lipinski definition) is 5. The summed E-state index contributed by atoms with van der Waals surface area (Å²) in [5.74, 6) is -0.618. The molecule has 3 N–H and O–H groups in total. The van der Waals surface area contributed by atoms with Gasteiger partial charge in [0.1, 0.15) is 23.0 Å². The van der Waals surface area contributed by atoms with Gasteiger partial charge in [0.05, 0.1) is 0 Å². The predicted octanol–water partition coefficient (Wildman–Crippen LogP) is 2.11. The molecule has 1 atom stereocenters. The van der Waals surface area contributed by atoms with Crippen LogP contribution in [0.2, 0.25) is 10.3 Å². The molecule has 2 heterocycles. The number of nitrogens with one attached hydrogen (secondary N) is 1. The van der Waals surface area contributed by atoms with Gasteiger partial charge in [-0.2, -0.15) is 0 Å². The monoisotopic (exact) mass is 377 g/mol. The van der Waals surface area contributed by atoms with E-state index in [1.807, 2.05) is 0 Å². The lowest BCUT2D eigenvalue weighted by atomic mass is 10.1. The topological polar surface area (TPSA) is 98.1 Å². The third-order valence-corrected chi connectivity index (χ3v) is 3.23. The molecule has 2 aromatic rings. The Morgan fingerprint density at radius 1 is 1.35 bits per heavy atom. The lowest BCUT2D eigenvalue weighted by Gasteiger charge is -2.11. The summed E-state index contributed by atoms with van der Waals surface area (Å²) in [7, 11) is 0. The molecule has 9 heteroatoms. The van der Waals surface area contributed by atoms with Crippen molar-refractivity contribution in [2.45, 2.75) is 19.1 Å². The van der Waals surface area contributed by atoms with E-state index in [0.29, 0.717) is 11.1 Å². The van der Waals surface area contributed by atoms with Crippen LogP contribution in [0.25, 0.3) is 0 Å². The highest BCUT2D eigenvalue weighted by molar-refractivity contribution is 6.32.